The van der Waals surface area contributed by atoms with Crippen molar-refractivity contribution in [1.29, 1.82) is 5.26 Å². The lowest BCUT2D eigenvalue weighted by Gasteiger charge is -2.23. The van der Waals surface area contributed by atoms with Crippen molar-refractivity contribution in [3.05, 3.63) is 29.6 Å². The summed E-state index contributed by atoms with van der Waals surface area (Å²) >= 11 is 0. The summed E-state index contributed by atoms with van der Waals surface area (Å²) in [5, 5.41) is 14.5. The van der Waals surface area contributed by atoms with Crippen LogP contribution >= 0.6 is 0 Å². The first-order valence-electron chi connectivity index (χ1n) is 6.01. The molecule has 1 heterocycles. The van der Waals surface area contributed by atoms with Crippen molar-refractivity contribution < 1.29 is 13.9 Å². The van der Waals surface area contributed by atoms with E-state index in [0.717, 1.165) is 12.6 Å². The molecule has 1 aromatic rings. The van der Waals surface area contributed by atoms with Gasteiger partial charge >= 0.3 is 0 Å². The van der Waals surface area contributed by atoms with Crippen LogP contribution in [0.2, 0.25) is 0 Å². The molecule has 2 N–H and O–H groups in total. The van der Waals surface area contributed by atoms with Crippen LogP contribution in [-0.2, 0) is 9.53 Å². The number of rotatable bonds is 3. The minimum Gasteiger partial charge on any atom is -0.375 e. The van der Waals surface area contributed by atoms with E-state index in [-0.39, 0.29) is 24.0 Å². The average molecular weight is 263 g/mol. The molecular weight excluding hydrogens is 249 g/mol. The summed E-state index contributed by atoms with van der Waals surface area (Å²) in [4.78, 5) is 11.8. The van der Waals surface area contributed by atoms with Crippen LogP contribution < -0.4 is 10.6 Å². The molecule has 100 valence electrons. The first kappa shape index (κ1) is 13.5. The molecule has 1 aromatic carbocycles. The molecule has 1 atom stereocenters. The summed E-state index contributed by atoms with van der Waals surface area (Å²) in [5.41, 5.74) is 0.320. The quantitative estimate of drug-likeness (QED) is 0.853. The molecule has 0 saturated carbocycles. The molecule has 19 heavy (non-hydrogen) atoms. The third-order valence-electron chi connectivity index (χ3n) is 2.79. The number of benzene rings is 1. The molecule has 0 spiro atoms. The molecule has 2 rings (SSSR count). The molecule has 1 aliphatic rings. The normalized spacial score (nSPS) is 18.6. The molecule has 1 amide bonds. The maximum absolute atomic E-state index is 13.1. The Balaban J connectivity index is 1.93. The van der Waals surface area contributed by atoms with E-state index < -0.39 is 5.82 Å². The zero-order valence-corrected chi connectivity index (χ0v) is 10.3. The van der Waals surface area contributed by atoms with Crippen molar-refractivity contribution in [2.75, 3.05) is 25.0 Å². The van der Waals surface area contributed by atoms with Crippen LogP contribution in [-0.4, -0.2) is 31.7 Å². The van der Waals surface area contributed by atoms with Crippen molar-refractivity contribution in [1.82, 2.24) is 5.32 Å². The molecule has 0 aromatic heterocycles. The SMILES string of the molecule is N#Cc1cc(NC(=O)CC2CNCCO2)ccc1F. The summed E-state index contributed by atoms with van der Waals surface area (Å²) in [6, 6.07) is 5.63. The van der Waals surface area contributed by atoms with Crippen LogP contribution in [0.3, 0.4) is 0 Å². The molecule has 1 fully saturated rings. The number of anilines is 1. The summed E-state index contributed by atoms with van der Waals surface area (Å²) in [6.07, 6.45) is 0.0800. The van der Waals surface area contributed by atoms with E-state index >= 15 is 0 Å². The predicted molar refractivity (Wildman–Crippen MR) is 67.0 cm³/mol. The lowest BCUT2D eigenvalue weighted by molar-refractivity contribution is -0.119. The van der Waals surface area contributed by atoms with Crippen molar-refractivity contribution in [3.63, 3.8) is 0 Å². The average Bonchev–Trinajstić information content (AvgIpc) is 2.42. The maximum atomic E-state index is 13.1. The van der Waals surface area contributed by atoms with E-state index in [1.807, 2.05) is 0 Å². The van der Waals surface area contributed by atoms with E-state index in [9.17, 15) is 9.18 Å². The molecule has 1 aliphatic heterocycles. The summed E-state index contributed by atoms with van der Waals surface area (Å²) in [5.74, 6) is -0.815. The highest BCUT2D eigenvalue weighted by molar-refractivity contribution is 5.91. The van der Waals surface area contributed by atoms with E-state index in [2.05, 4.69) is 10.6 Å². The first-order chi connectivity index (χ1) is 9.19. The molecule has 1 unspecified atom stereocenters. The predicted octanol–water partition coefficient (Wildman–Crippen LogP) is 1.01. The summed E-state index contributed by atoms with van der Waals surface area (Å²) in [7, 11) is 0. The summed E-state index contributed by atoms with van der Waals surface area (Å²) < 4.78 is 18.5. The van der Waals surface area contributed by atoms with Gasteiger partial charge in [0, 0.05) is 18.8 Å². The Kier molecular flexibility index (Phi) is 4.44. The second kappa shape index (κ2) is 6.27. The van der Waals surface area contributed by atoms with Crippen molar-refractivity contribution in [2.45, 2.75) is 12.5 Å². The maximum Gasteiger partial charge on any atom is 0.227 e. The molecule has 5 nitrogen and oxygen atoms in total. The van der Waals surface area contributed by atoms with Gasteiger partial charge in [-0.1, -0.05) is 0 Å². The van der Waals surface area contributed by atoms with Crippen LogP contribution in [0.4, 0.5) is 10.1 Å². The Morgan fingerprint density at radius 2 is 2.47 bits per heavy atom. The van der Waals surface area contributed by atoms with E-state index in [1.165, 1.54) is 12.1 Å². The van der Waals surface area contributed by atoms with Crippen LogP contribution in [0.15, 0.2) is 18.2 Å². The minimum absolute atomic E-state index is 0.0895. The second-order valence-electron chi connectivity index (χ2n) is 4.26. The number of nitrogens with one attached hydrogen (secondary N) is 2. The number of nitrogens with zero attached hydrogens (tertiary/aromatic N) is 1. The van der Waals surface area contributed by atoms with Crippen molar-refractivity contribution >= 4 is 11.6 Å². The topological polar surface area (TPSA) is 74.2 Å². The third kappa shape index (κ3) is 3.74. The second-order valence-corrected chi connectivity index (χ2v) is 4.26. The highest BCUT2D eigenvalue weighted by atomic mass is 19.1. The third-order valence-corrected chi connectivity index (χ3v) is 2.79. The van der Waals surface area contributed by atoms with Gasteiger partial charge in [-0.25, -0.2) is 4.39 Å². The van der Waals surface area contributed by atoms with Gasteiger partial charge < -0.3 is 15.4 Å². The van der Waals surface area contributed by atoms with Gasteiger partial charge in [0.05, 0.1) is 24.7 Å². The smallest absolute Gasteiger partial charge is 0.227 e. The number of ether oxygens (including phenoxy) is 1. The number of hydrogen-bond donors (Lipinski definition) is 2. The van der Waals surface area contributed by atoms with Gasteiger partial charge in [0.25, 0.3) is 0 Å². The van der Waals surface area contributed by atoms with Crippen LogP contribution in [0.25, 0.3) is 0 Å². The van der Waals surface area contributed by atoms with Gasteiger partial charge in [-0.15, -0.1) is 0 Å². The van der Waals surface area contributed by atoms with Crippen LogP contribution in [0.1, 0.15) is 12.0 Å². The molecule has 6 heteroatoms. The van der Waals surface area contributed by atoms with Crippen LogP contribution in [0.5, 0.6) is 0 Å². The van der Waals surface area contributed by atoms with E-state index in [0.29, 0.717) is 18.8 Å². The fourth-order valence-corrected chi connectivity index (χ4v) is 1.86. The number of morpholine rings is 1. The molecule has 0 radical (unpaired) electrons. The zero-order chi connectivity index (χ0) is 13.7. The number of amides is 1. The largest absolute Gasteiger partial charge is 0.375 e. The Bertz CT molecular complexity index is 507. The van der Waals surface area contributed by atoms with Gasteiger partial charge in [0.1, 0.15) is 11.9 Å². The van der Waals surface area contributed by atoms with Crippen molar-refractivity contribution in [2.24, 2.45) is 0 Å². The Morgan fingerprint density at radius 3 is 3.16 bits per heavy atom. The van der Waals surface area contributed by atoms with Crippen molar-refractivity contribution in [3.8, 4) is 6.07 Å². The van der Waals surface area contributed by atoms with E-state index in [1.54, 1.807) is 6.07 Å². The lowest BCUT2D eigenvalue weighted by atomic mass is 10.2. The molecule has 0 aliphatic carbocycles. The number of carbonyl (C=O) groups excluding carboxylic acids is 1. The Labute approximate surface area is 110 Å². The standard InChI is InChI=1S/C13H14FN3O2/c14-12-2-1-10(5-9(12)7-15)17-13(18)6-11-8-16-3-4-19-11/h1-2,5,11,16H,3-4,6,8H2,(H,17,18). The molecular formula is C13H14FN3O2. The van der Waals surface area contributed by atoms with E-state index in [4.69, 9.17) is 10.00 Å². The fraction of sp³-hybridized carbons (Fsp3) is 0.385. The van der Waals surface area contributed by atoms with Gasteiger partial charge in [0.15, 0.2) is 0 Å². The molecule has 1 saturated heterocycles. The number of halogens is 1. The number of hydrogen-bond acceptors (Lipinski definition) is 4. The Hall–Kier alpha value is -1.97. The van der Waals surface area contributed by atoms with Gasteiger partial charge in [-0.05, 0) is 18.2 Å². The minimum atomic E-state index is -0.597. The van der Waals surface area contributed by atoms with Gasteiger partial charge in [-0.3, -0.25) is 4.79 Å². The number of carbonyl (C=O) groups is 1. The monoisotopic (exact) mass is 263 g/mol. The Morgan fingerprint density at radius 1 is 1.63 bits per heavy atom. The summed E-state index contributed by atoms with van der Waals surface area (Å²) in [6.45, 7) is 2.02. The van der Waals surface area contributed by atoms with Crippen LogP contribution in [0, 0.1) is 17.1 Å². The van der Waals surface area contributed by atoms with Gasteiger partial charge in [0.2, 0.25) is 5.91 Å². The highest BCUT2D eigenvalue weighted by Gasteiger charge is 2.17. The number of nitriles is 1. The van der Waals surface area contributed by atoms with Gasteiger partial charge in [-0.2, -0.15) is 5.26 Å². The molecule has 0 bridgehead atoms. The fourth-order valence-electron chi connectivity index (χ4n) is 1.86. The zero-order valence-electron chi connectivity index (χ0n) is 10.3. The lowest BCUT2D eigenvalue weighted by Crippen LogP contribution is -2.40. The first-order valence-corrected chi connectivity index (χ1v) is 6.01. The highest BCUT2D eigenvalue weighted by Crippen LogP contribution is 2.14.